The van der Waals surface area contributed by atoms with Crippen molar-refractivity contribution in [2.75, 3.05) is 11.1 Å². The predicted molar refractivity (Wildman–Crippen MR) is 73.8 cm³/mol. The second kappa shape index (κ2) is 5.10. The number of nitriles is 1. The molecule has 5 heteroatoms. The van der Waals surface area contributed by atoms with Crippen molar-refractivity contribution in [3.05, 3.63) is 53.6 Å². The van der Waals surface area contributed by atoms with Crippen LogP contribution in [0.1, 0.15) is 15.9 Å². The van der Waals surface area contributed by atoms with Crippen molar-refractivity contribution >= 4 is 23.0 Å². The maximum Gasteiger partial charge on any atom is 0.250 e. The first kappa shape index (κ1) is 12.5. The summed E-state index contributed by atoms with van der Waals surface area (Å²) in [7, 11) is 0. The highest BCUT2D eigenvalue weighted by molar-refractivity contribution is 5.99. The van der Waals surface area contributed by atoms with E-state index in [1.54, 1.807) is 42.5 Å². The van der Waals surface area contributed by atoms with Crippen LogP contribution in [-0.4, -0.2) is 5.91 Å². The summed E-state index contributed by atoms with van der Waals surface area (Å²) in [5.74, 6) is -0.569. The molecule has 94 valence electrons. The van der Waals surface area contributed by atoms with Gasteiger partial charge in [-0.25, -0.2) is 0 Å². The fourth-order valence-electron chi connectivity index (χ4n) is 1.64. The summed E-state index contributed by atoms with van der Waals surface area (Å²) in [5, 5.41) is 11.8. The van der Waals surface area contributed by atoms with Crippen LogP contribution < -0.4 is 16.8 Å². The molecule has 0 radical (unpaired) electrons. The summed E-state index contributed by atoms with van der Waals surface area (Å²) in [6.07, 6.45) is 0. The number of carbonyl (C=O) groups is 1. The predicted octanol–water partition coefficient (Wildman–Crippen LogP) is 1.98. The van der Waals surface area contributed by atoms with Gasteiger partial charge in [0.2, 0.25) is 0 Å². The van der Waals surface area contributed by atoms with Gasteiger partial charge in [-0.2, -0.15) is 5.26 Å². The summed E-state index contributed by atoms with van der Waals surface area (Å²) in [6.45, 7) is 0. The number of rotatable bonds is 3. The first-order chi connectivity index (χ1) is 9.10. The van der Waals surface area contributed by atoms with Crippen LogP contribution >= 0.6 is 0 Å². The molecule has 5 N–H and O–H groups in total. The van der Waals surface area contributed by atoms with Crippen molar-refractivity contribution < 1.29 is 4.79 Å². The summed E-state index contributed by atoms with van der Waals surface area (Å²) < 4.78 is 0. The number of nitrogens with zero attached hydrogens (tertiary/aromatic N) is 1. The molecule has 0 unspecified atom stereocenters. The molecule has 0 saturated heterocycles. The number of nitrogens with one attached hydrogen (secondary N) is 1. The molecule has 0 aliphatic heterocycles. The summed E-state index contributed by atoms with van der Waals surface area (Å²) >= 11 is 0. The number of benzene rings is 2. The van der Waals surface area contributed by atoms with Crippen molar-refractivity contribution in [1.29, 1.82) is 5.26 Å². The Morgan fingerprint density at radius 3 is 2.32 bits per heavy atom. The quantitative estimate of drug-likeness (QED) is 0.726. The van der Waals surface area contributed by atoms with Gasteiger partial charge < -0.3 is 16.8 Å². The largest absolute Gasteiger partial charge is 0.398 e. The molecule has 0 fully saturated rings. The lowest BCUT2D eigenvalue weighted by Crippen LogP contribution is -2.13. The van der Waals surface area contributed by atoms with E-state index in [0.29, 0.717) is 16.9 Å². The molecular formula is C14H12N4O. The van der Waals surface area contributed by atoms with Gasteiger partial charge in [0, 0.05) is 17.1 Å². The topological polar surface area (TPSA) is 105 Å². The molecule has 0 heterocycles. The highest BCUT2D eigenvalue weighted by atomic mass is 16.1. The van der Waals surface area contributed by atoms with Crippen LogP contribution in [0.25, 0.3) is 0 Å². The summed E-state index contributed by atoms with van der Waals surface area (Å²) in [6, 6.07) is 14.0. The molecular weight excluding hydrogens is 240 g/mol. The highest BCUT2D eigenvalue weighted by Gasteiger charge is 2.06. The van der Waals surface area contributed by atoms with Gasteiger partial charge in [-0.3, -0.25) is 4.79 Å². The minimum atomic E-state index is -0.569. The Hall–Kier alpha value is -3.00. The fourth-order valence-corrected chi connectivity index (χ4v) is 1.64. The summed E-state index contributed by atoms with van der Waals surface area (Å²) in [4.78, 5) is 11.2. The monoisotopic (exact) mass is 252 g/mol. The lowest BCUT2D eigenvalue weighted by atomic mass is 10.1. The number of hydrogen-bond donors (Lipinski definition) is 3. The first-order valence-corrected chi connectivity index (χ1v) is 5.56. The summed E-state index contributed by atoms with van der Waals surface area (Å²) in [5.41, 5.74) is 13.6. The number of anilines is 3. The van der Waals surface area contributed by atoms with Gasteiger partial charge in [-0.1, -0.05) is 0 Å². The molecule has 2 aromatic rings. The third-order valence-corrected chi connectivity index (χ3v) is 2.62. The molecule has 2 rings (SSSR count). The molecule has 0 aromatic heterocycles. The third-order valence-electron chi connectivity index (χ3n) is 2.62. The van der Waals surface area contributed by atoms with E-state index in [4.69, 9.17) is 16.7 Å². The van der Waals surface area contributed by atoms with Gasteiger partial charge in [0.1, 0.15) is 0 Å². The number of nitrogen functional groups attached to an aromatic ring is 1. The van der Waals surface area contributed by atoms with Crippen LogP contribution in [0, 0.1) is 11.3 Å². The van der Waals surface area contributed by atoms with Crippen LogP contribution in [0.15, 0.2) is 42.5 Å². The van der Waals surface area contributed by atoms with Gasteiger partial charge in [0.25, 0.3) is 5.91 Å². The smallest absolute Gasteiger partial charge is 0.250 e. The van der Waals surface area contributed by atoms with Gasteiger partial charge in [-0.05, 0) is 42.5 Å². The zero-order valence-corrected chi connectivity index (χ0v) is 10.1. The number of amides is 1. The van der Waals surface area contributed by atoms with Crippen molar-refractivity contribution in [1.82, 2.24) is 0 Å². The van der Waals surface area contributed by atoms with E-state index >= 15 is 0 Å². The van der Waals surface area contributed by atoms with E-state index in [9.17, 15) is 4.79 Å². The molecule has 0 saturated carbocycles. The Kier molecular flexibility index (Phi) is 3.35. The molecule has 0 atom stereocenters. The highest BCUT2D eigenvalue weighted by Crippen LogP contribution is 2.21. The Labute approximate surface area is 110 Å². The van der Waals surface area contributed by atoms with E-state index in [2.05, 4.69) is 5.32 Å². The van der Waals surface area contributed by atoms with Crippen LogP contribution in [0.4, 0.5) is 17.1 Å². The fraction of sp³-hybridized carbons (Fsp3) is 0. The zero-order chi connectivity index (χ0) is 13.8. The van der Waals surface area contributed by atoms with Gasteiger partial charge in [0.05, 0.1) is 17.2 Å². The molecule has 0 bridgehead atoms. The lowest BCUT2D eigenvalue weighted by molar-refractivity contribution is 0.100. The van der Waals surface area contributed by atoms with E-state index in [1.807, 2.05) is 6.07 Å². The number of hydrogen-bond acceptors (Lipinski definition) is 4. The SMILES string of the molecule is N#Cc1ccc(Nc2ccc(N)c(C(N)=O)c2)cc1. The Morgan fingerprint density at radius 1 is 1.11 bits per heavy atom. The van der Waals surface area contributed by atoms with Crippen LogP contribution in [-0.2, 0) is 0 Å². The number of primary amides is 1. The van der Waals surface area contributed by atoms with Crippen LogP contribution in [0.5, 0.6) is 0 Å². The van der Waals surface area contributed by atoms with Crippen LogP contribution in [0.2, 0.25) is 0 Å². The maximum absolute atomic E-state index is 11.2. The molecule has 0 aliphatic carbocycles. The average Bonchev–Trinajstić information content (AvgIpc) is 2.41. The van der Waals surface area contributed by atoms with Crippen molar-refractivity contribution in [2.45, 2.75) is 0 Å². The normalized spacial score (nSPS) is 9.63. The minimum absolute atomic E-state index is 0.277. The average molecular weight is 252 g/mol. The van der Waals surface area contributed by atoms with Crippen molar-refractivity contribution in [3.63, 3.8) is 0 Å². The molecule has 0 aliphatic rings. The Balaban J connectivity index is 2.25. The molecule has 2 aromatic carbocycles. The lowest BCUT2D eigenvalue weighted by Gasteiger charge is -2.09. The van der Waals surface area contributed by atoms with Crippen molar-refractivity contribution in [3.8, 4) is 6.07 Å². The maximum atomic E-state index is 11.2. The molecule has 19 heavy (non-hydrogen) atoms. The Morgan fingerprint density at radius 2 is 1.74 bits per heavy atom. The zero-order valence-electron chi connectivity index (χ0n) is 10.1. The first-order valence-electron chi connectivity index (χ1n) is 5.56. The van der Waals surface area contributed by atoms with E-state index in [1.165, 1.54) is 0 Å². The standard InChI is InChI=1S/C14H12N4O/c15-8-9-1-3-10(4-2-9)18-11-5-6-13(16)12(7-11)14(17)19/h1-7,18H,16H2,(H2,17,19). The van der Waals surface area contributed by atoms with Gasteiger partial charge >= 0.3 is 0 Å². The molecule has 5 nitrogen and oxygen atoms in total. The van der Waals surface area contributed by atoms with E-state index in [-0.39, 0.29) is 5.56 Å². The van der Waals surface area contributed by atoms with Crippen LogP contribution in [0.3, 0.4) is 0 Å². The second-order valence-corrected chi connectivity index (χ2v) is 3.98. The number of carbonyl (C=O) groups excluding carboxylic acids is 1. The Bertz CT molecular complexity index is 656. The molecule has 0 spiro atoms. The van der Waals surface area contributed by atoms with Gasteiger partial charge in [-0.15, -0.1) is 0 Å². The van der Waals surface area contributed by atoms with Gasteiger partial charge in [0.15, 0.2) is 0 Å². The van der Waals surface area contributed by atoms with E-state index < -0.39 is 5.91 Å². The minimum Gasteiger partial charge on any atom is -0.398 e. The third kappa shape index (κ3) is 2.82. The van der Waals surface area contributed by atoms with E-state index in [0.717, 1.165) is 5.69 Å². The number of nitrogens with two attached hydrogens (primary N) is 2. The molecule has 1 amide bonds. The van der Waals surface area contributed by atoms with Crippen molar-refractivity contribution in [2.24, 2.45) is 5.73 Å². The second-order valence-electron chi connectivity index (χ2n) is 3.98.